The maximum Gasteiger partial charge on any atom is 0.243 e. The van der Waals surface area contributed by atoms with Crippen molar-refractivity contribution in [2.45, 2.75) is 31.8 Å². The van der Waals surface area contributed by atoms with E-state index in [2.05, 4.69) is 29.1 Å². The molecule has 0 saturated carbocycles. The average molecular weight is 503 g/mol. The molecule has 2 N–H and O–H groups in total. The molecule has 2 atom stereocenters. The molecule has 1 amide bonds. The number of hydrogen-bond acceptors (Lipinski definition) is 8. The van der Waals surface area contributed by atoms with Gasteiger partial charge in [-0.2, -0.15) is 0 Å². The van der Waals surface area contributed by atoms with Crippen molar-refractivity contribution in [3.05, 3.63) is 41.6 Å². The van der Waals surface area contributed by atoms with Crippen LogP contribution in [0.3, 0.4) is 0 Å². The number of nitrogens with one attached hydrogen (secondary N) is 2. The molecule has 1 fully saturated rings. The normalized spacial score (nSPS) is 17.9. The molecule has 3 aromatic rings. The van der Waals surface area contributed by atoms with Crippen LogP contribution < -0.4 is 20.1 Å². The van der Waals surface area contributed by atoms with Crippen molar-refractivity contribution < 1.29 is 19.0 Å². The number of ether oxygens (including phenoxy) is 3. The fourth-order valence-electron chi connectivity index (χ4n) is 4.06. The fourth-order valence-corrected chi connectivity index (χ4v) is 5.50. The number of halogens is 1. The Bertz CT molecular complexity index is 1220. The van der Waals surface area contributed by atoms with Crippen molar-refractivity contribution in [3.8, 4) is 22.1 Å². The van der Waals surface area contributed by atoms with Crippen LogP contribution in [0.5, 0.6) is 11.5 Å². The van der Waals surface area contributed by atoms with Gasteiger partial charge in [-0.3, -0.25) is 4.79 Å². The zero-order chi connectivity index (χ0) is 24.2. The number of pyridine rings is 1. The Morgan fingerprint density at radius 2 is 2.12 bits per heavy atom. The third-order valence-electron chi connectivity index (χ3n) is 5.78. The van der Waals surface area contributed by atoms with Crippen LogP contribution in [0.2, 0.25) is 5.02 Å². The summed E-state index contributed by atoms with van der Waals surface area (Å²) < 4.78 is 17.6. The monoisotopic (exact) mass is 502 g/mol. The predicted octanol–water partition coefficient (Wildman–Crippen LogP) is 4.46. The SMILES string of the molecule is C=CC(=O)NC1CCOCC1Nc1cc2sc(-c3c(Cl)c(OC)cc(OC)c3CC)nc2cn1. The molecule has 0 spiro atoms. The van der Waals surface area contributed by atoms with Crippen molar-refractivity contribution in [1.29, 1.82) is 0 Å². The largest absolute Gasteiger partial charge is 0.496 e. The first kappa shape index (κ1) is 24.3. The minimum Gasteiger partial charge on any atom is -0.496 e. The standard InChI is InChI=1S/C24H27ClN4O4S/c1-5-13-17(31-3)9-18(32-4)23(25)22(13)24-29-15-11-26-20(10-19(15)34-24)27-16-12-33-8-7-14(16)28-21(30)6-2/h6,9-11,14,16H,2,5,7-8,12H2,1,3-4H3,(H,26,27)(H,28,30). The number of amides is 1. The van der Waals surface area contributed by atoms with E-state index in [0.29, 0.717) is 42.0 Å². The van der Waals surface area contributed by atoms with Crippen molar-refractivity contribution in [3.63, 3.8) is 0 Å². The number of anilines is 1. The summed E-state index contributed by atoms with van der Waals surface area (Å²) in [6.07, 6.45) is 4.44. The lowest BCUT2D eigenvalue weighted by Crippen LogP contribution is -2.52. The van der Waals surface area contributed by atoms with Crippen LogP contribution in [0, 0.1) is 0 Å². The summed E-state index contributed by atoms with van der Waals surface area (Å²) in [6.45, 7) is 6.64. The van der Waals surface area contributed by atoms with E-state index in [-0.39, 0.29) is 18.0 Å². The first-order valence-corrected chi connectivity index (χ1v) is 12.2. The molecule has 1 aliphatic rings. The molecule has 1 aliphatic heterocycles. The Hall–Kier alpha value is -2.88. The zero-order valence-corrected chi connectivity index (χ0v) is 20.9. The van der Waals surface area contributed by atoms with E-state index >= 15 is 0 Å². The van der Waals surface area contributed by atoms with Gasteiger partial charge in [0.2, 0.25) is 5.91 Å². The number of rotatable bonds is 8. The predicted molar refractivity (Wildman–Crippen MR) is 135 cm³/mol. The molecule has 0 bridgehead atoms. The molecule has 1 aromatic carbocycles. The minimum absolute atomic E-state index is 0.0797. The number of benzene rings is 1. The van der Waals surface area contributed by atoms with Gasteiger partial charge in [0, 0.05) is 23.8 Å². The summed E-state index contributed by atoms with van der Waals surface area (Å²) in [4.78, 5) is 21.1. The summed E-state index contributed by atoms with van der Waals surface area (Å²) in [5, 5.41) is 7.64. The van der Waals surface area contributed by atoms with E-state index in [0.717, 1.165) is 32.8 Å². The third-order valence-corrected chi connectivity index (χ3v) is 7.19. The molecular weight excluding hydrogens is 476 g/mol. The highest BCUT2D eigenvalue weighted by atomic mass is 35.5. The summed E-state index contributed by atoms with van der Waals surface area (Å²) in [5.74, 6) is 1.73. The van der Waals surface area contributed by atoms with Gasteiger partial charge in [-0.15, -0.1) is 11.3 Å². The molecule has 10 heteroatoms. The second kappa shape index (κ2) is 10.6. The zero-order valence-electron chi connectivity index (χ0n) is 19.3. The Labute approximate surface area is 207 Å². The van der Waals surface area contributed by atoms with Gasteiger partial charge < -0.3 is 24.8 Å². The molecule has 34 heavy (non-hydrogen) atoms. The molecule has 8 nitrogen and oxygen atoms in total. The third kappa shape index (κ3) is 4.82. The first-order valence-electron chi connectivity index (χ1n) is 11.0. The molecule has 2 aromatic heterocycles. The fraction of sp³-hybridized carbons (Fsp3) is 0.375. The number of methoxy groups -OCH3 is 2. The Morgan fingerprint density at radius 1 is 1.32 bits per heavy atom. The Balaban J connectivity index is 1.67. The lowest BCUT2D eigenvalue weighted by Gasteiger charge is -2.32. The van der Waals surface area contributed by atoms with Crippen molar-refractivity contribution in [1.82, 2.24) is 15.3 Å². The molecule has 3 heterocycles. The van der Waals surface area contributed by atoms with E-state index in [9.17, 15) is 4.79 Å². The smallest absolute Gasteiger partial charge is 0.243 e. The van der Waals surface area contributed by atoms with Crippen LogP contribution in [-0.2, 0) is 16.0 Å². The number of carbonyl (C=O) groups excluding carboxylic acids is 1. The lowest BCUT2D eigenvalue weighted by molar-refractivity contribution is -0.117. The van der Waals surface area contributed by atoms with E-state index < -0.39 is 0 Å². The van der Waals surface area contributed by atoms with E-state index in [1.807, 2.05) is 6.07 Å². The topological polar surface area (TPSA) is 94.6 Å². The lowest BCUT2D eigenvalue weighted by atomic mass is 10.0. The van der Waals surface area contributed by atoms with E-state index in [1.165, 1.54) is 17.4 Å². The van der Waals surface area contributed by atoms with Crippen LogP contribution >= 0.6 is 22.9 Å². The molecule has 0 aliphatic carbocycles. The highest BCUT2D eigenvalue weighted by molar-refractivity contribution is 7.21. The van der Waals surface area contributed by atoms with E-state index in [4.69, 9.17) is 30.8 Å². The van der Waals surface area contributed by atoms with E-state index in [1.54, 1.807) is 26.5 Å². The highest BCUT2D eigenvalue weighted by Crippen LogP contribution is 2.45. The molecule has 1 saturated heterocycles. The number of thiazole rings is 1. The number of carbonyl (C=O) groups is 1. The summed E-state index contributed by atoms with van der Waals surface area (Å²) >= 11 is 8.24. The summed E-state index contributed by atoms with van der Waals surface area (Å²) in [5.41, 5.74) is 2.55. The number of hydrogen-bond donors (Lipinski definition) is 2. The van der Waals surface area contributed by atoms with Gasteiger partial charge in [0.05, 0.1) is 48.8 Å². The van der Waals surface area contributed by atoms with Crippen LogP contribution in [0.1, 0.15) is 18.9 Å². The minimum atomic E-state index is -0.202. The van der Waals surface area contributed by atoms with Gasteiger partial charge in [0.15, 0.2) is 0 Å². The first-order chi connectivity index (χ1) is 16.5. The second-order valence-electron chi connectivity index (χ2n) is 7.79. The summed E-state index contributed by atoms with van der Waals surface area (Å²) in [6, 6.07) is 3.56. The van der Waals surface area contributed by atoms with Gasteiger partial charge in [0.25, 0.3) is 0 Å². The quantitative estimate of drug-likeness (QED) is 0.439. The molecule has 180 valence electrons. The van der Waals surface area contributed by atoms with Crippen molar-refractivity contribution in [2.75, 3.05) is 32.8 Å². The molecule has 0 radical (unpaired) electrons. The second-order valence-corrected chi connectivity index (χ2v) is 9.20. The Kier molecular flexibility index (Phi) is 7.55. The maximum absolute atomic E-state index is 11.8. The van der Waals surface area contributed by atoms with Gasteiger partial charge in [-0.1, -0.05) is 25.1 Å². The van der Waals surface area contributed by atoms with Gasteiger partial charge >= 0.3 is 0 Å². The molecule has 4 rings (SSSR count). The van der Waals surface area contributed by atoms with Crippen LogP contribution in [-0.4, -0.2) is 55.4 Å². The Morgan fingerprint density at radius 3 is 2.82 bits per heavy atom. The van der Waals surface area contributed by atoms with Gasteiger partial charge in [-0.25, -0.2) is 9.97 Å². The van der Waals surface area contributed by atoms with Gasteiger partial charge in [0.1, 0.15) is 27.8 Å². The molecule has 2 unspecified atom stereocenters. The van der Waals surface area contributed by atoms with Crippen molar-refractivity contribution >= 4 is 44.9 Å². The average Bonchev–Trinajstić information content (AvgIpc) is 3.27. The highest BCUT2D eigenvalue weighted by Gasteiger charge is 2.27. The van der Waals surface area contributed by atoms with Crippen LogP contribution in [0.4, 0.5) is 5.82 Å². The maximum atomic E-state index is 11.8. The summed E-state index contributed by atoms with van der Waals surface area (Å²) in [7, 11) is 3.21. The number of aromatic nitrogens is 2. The number of nitrogens with zero attached hydrogens (tertiary/aromatic N) is 2. The van der Waals surface area contributed by atoms with Crippen molar-refractivity contribution in [2.24, 2.45) is 0 Å². The van der Waals surface area contributed by atoms with Crippen LogP contribution in [0.15, 0.2) is 31.0 Å². The van der Waals surface area contributed by atoms with Gasteiger partial charge in [-0.05, 0) is 25.0 Å². The number of fused-ring (bicyclic) bond motifs is 1. The molecular formula is C24H27ClN4O4S. The van der Waals surface area contributed by atoms with Crippen LogP contribution in [0.25, 0.3) is 20.8 Å².